The monoisotopic (exact) mass is 323 g/mol. The van der Waals surface area contributed by atoms with E-state index in [1.807, 2.05) is 0 Å². The molecule has 0 amide bonds. The molecule has 0 aliphatic heterocycles. The number of oxazole rings is 1. The lowest BCUT2D eigenvalue weighted by molar-refractivity contribution is -0.110. The van der Waals surface area contributed by atoms with Crippen LogP contribution in [0.15, 0.2) is 15.1 Å². The van der Waals surface area contributed by atoms with E-state index in [9.17, 15) is 8.78 Å². The third kappa shape index (κ3) is 2.56. The SMILES string of the molecule is CC1(c2nc(Cc3cnc(C4CC4)o3)no2)CCCCC1(F)F. The van der Waals surface area contributed by atoms with Crippen molar-refractivity contribution >= 4 is 0 Å². The van der Waals surface area contributed by atoms with Crippen molar-refractivity contribution in [2.45, 2.75) is 69.1 Å². The lowest BCUT2D eigenvalue weighted by Crippen LogP contribution is -2.45. The number of rotatable bonds is 4. The first kappa shape index (κ1) is 14.8. The summed E-state index contributed by atoms with van der Waals surface area (Å²) < 4.78 is 39.5. The van der Waals surface area contributed by atoms with E-state index >= 15 is 0 Å². The van der Waals surface area contributed by atoms with Crippen LogP contribution in [0.2, 0.25) is 0 Å². The Balaban J connectivity index is 1.53. The molecule has 7 heteroatoms. The molecule has 0 N–H and O–H groups in total. The van der Waals surface area contributed by atoms with Crippen LogP contribution < -0.4 is 0 Å². The van der Waals surface area contributed by atoms with Crippen LogP contribution >= 0.6 is 0 Å². The second-order valence-corrected chi connectivity index (χ2v) is 6.88. The Morgan fingerprint density at radius 3 is 2.78 bits per heavy atom. The molecule has 2 aromatic heterocycles. The van der Waals surface area contributed by atoms with Gasteiger partial charge in [0.15, 0.2) is 11.7 Å². The van der Waals surface area contributed by atoms with E-state index in [4.69, 9.17) is 8.94 Å². The molecule has 2 aliphatic rings. The van der Waals surface area contributed by atoms with E-state index in [0.717, 1.165) is 25.2 Å². The van der Waals surface area contributed by atoms with E-state index in [-0.39, 0.29) is 12.3 Å². The zero-order chi connectivity index (χ0) is 16.1. The van der Waals surface area contributed by atoms with Crippen molar-refractivity contribution in [3.63, 3.8) is 0 Å². The zero-order valence-corrected chi connectivity index (χ0v) is 13.0. The van der Waals surface area contributed by atoms with Gasteiger partial charge in [0, 0.05) is 12.3 Å². The van der Waals surface area contributed by atoms with Crippen LogP contribution in [0, 0.1) is 0 Å². The van der Waals surface area contributed by atoms with Crippen LogP contribution in [-0.4, -0.2) is 21.0 Å². The van der Waals surface area contributed by atoms with Gasteiger partial charge in [0.05, 0.1) is 12.6 Å². The van der Waals surface area contributed by atoms with Crippen LogP contribution in [0.5, 0.6) is 0 Å². The van der Waals surface area contributed by atoms with E-state index in [2.05, 4.69) is 15.1 Å². The van der Waals surface area contributed by atoms with E-state index < -0.39 is 11.3 Å². The van der Waals surface area contributed by atoms with Gasteiger partial charge in [0.2, 0.25) is 5.89 Å². The largest absolute Gasteiger partial charge is 0.445 e. The first-order valence-corrected chi connectivity index (χ1v) is 8.13. The summed E-state index contributed by atoms with van der Waals surface area (Å²) in [6, 6.07) is 0. The number of aromatic nitrogens is 3. The molecule has 1 atom stereocenters. The molecular weight excluding hydrogens is 304 g/mol. The molecule has 0 aromatic carbocycles. The highest BCUT2D eigenvalue weighted by atomic mass is 19.3. The maximum absolute atomic E-state index is 14.3. The molecule has 0 saturated heterocycles. The Labute approximate surface area is 132 Å². The molecular formula is C16H19F2N3O2. The predicted molar refractivity (Wildman–Crippen MR) is 76.3 cm³/mol. The molecule has 1 unspecified atom stereocenters. The van der Waals surface area contributed by atoms with Gasteiger partial charge in [-0.05, 0) is 32.6 Å². The third-order valence-corrected chi connectivity index (χ3v) is 5.00. The fourth-order valence-electron chi connectivity index (χ4n) is 3.18. The summed E-state index contributed by atoms with van der Waals surface area (Å²) >= 11 is 0. The lowest BCUT2D eigenvalue weighted by atomic mass is 9.72. The average molecular weight is 323 g/mol. The minimum atomic E-state index is -2.82. The Kier molecular flexibility index (Phi) is 3.28. The molecule has 2 aliphatic carbocycles. The highest BCUT2D eigenvalue weighted by molar-refractivity contribution is 5.14. The molecule has 2 heterocycles. The average Bonchev–Trinajstić information content (AvgIpc) is 3.07. The summed E-state index contributed by atoms with van der Waals surface area (Å²) in [4.78, 5) is 8.46. The van der Waals surface area contributed by atoms with E-state index in [0.29, 0.717) is 36.8 Å². The number of hydrogen-bond donors (Lipinski definition) is 0. The van der Waals surface area contributed by atoms with Crippen LogP contribution in [0.3, 0.4) is 0 Å². The van der Waals surface area contributed by atoms with Crippen molar-refractivity contribution in [2.75, 3.05) is 0 Å². The molecule has 2 aromatic rings. The van der Waals surface area contributed by atoms with Gasteiger partial charge in [0.25, 0.3) is 5.92 Å². The van der Waals surface area contributed by atoms with Gasteiger partial charge in [-0.25, -0.2) is 13.8 Å². The number of nitrogens with zero attached hydrogens (tertiary/aromatic N) is 3. The van der Waals surface area contributed by atoms with Gasteiger partial charge < -0.3 is 8.94 Å². The summed E-state index contributed by atoms with van der Waals surface area (Å²) in [5.41, 5.74) is -1.38. The van der Waals surface area contributed by atoms with E-state index in [1.165, 1.54) is 6.92 Å². The highest BCUT2D eigenvalue weighted by Gasteiger charge is 2.56. The van der Waals surface area contributed by atoms with Crippen LogP contribution in [-0.2, 0) is 11.8 Å². The fraction of sp³-hybridized carbons (Fsp3) is 0.688. The lowest BCUT2D eigenvalue weighted by Gasteiger charge is -2.37. The van der Waals surface area contributed by atoms with E-state index in [1.54, 1.807) is 6.20 Å². The van der Waals surface area contributed by atoms with Crippen LogP contribution in [0.1, 0.15) is 74.7 Å². The second-order valence-electron chi connectivity index (χ2n) is 6.88. The minimum absolute atomic E-state index is 0.0270. The molecule has 23 heavy (non-hydrogen) atoms. The predicted octanol–water partition coefficient (Wildman–Crippen LogP) is 3.99. The first-order chi connectivity index (χ1) is 11.0. The van der Waals surface area contributed by atoms with Crippen molar-refractivity contribution < 1.29 is 17.7 Å². The third-order valence-electron chi connectivity index (χ3n) is 5.00. The Morgan fingerprint density at radius 2 is 2.04 bits per heavy atom. The zero-order valence-electron chi connectivity index (χ0n) is 13.0. The van der Waals surface area contributed by atoms with Crippen molar-refractivity contribution in [2.24, 2.45) is 0 Å². The Morgan fingerprint density at radius 1 is 1.26 bits per heavy atom. The molecule has 4 rings (SSSR count). The first-order valence-electron chi connectivity index (χ1n) is 8.13. The standard InChI is InChI=1S/C16H19F2N3O2/c1-15(6-2-3-7-16(15,17)18)14-20-12(21-23-14)8-11-9-19-13(22-11)10-4-5-10/h9-10H,2-8H2,1H3. The fourth-order valence-corrected chi connectivity index (χ4v) is 3.18. The van der Waals surface area contributed by atoms with Crippen LogP contribution in [0.4, 0.5) is 8.78 Å². The molecule has 0 bridgehead atoms. The summed E-state index contributed by atoms with van der Waals surface area (Å²) in [6.07, 6.45) is 5.69. The molecule has 0 spiro atoms. The van der Waals surface area contributed by atoms with Gasteiger partial charge in [0.1, 0.15) is 11.2 Å². The molecule has 0 radical (unpaired) electrons. The molecule has 124 valence electrons. The Hall–Kier alpha value is -1.79. The normalized spacial score (nSPS) is 27.3. The summed E-state index contributed by atoms with van der Waals surface area (Å²) in [5, 5.41) is 3.86. The second kappa shape index (κ2) is 5.11. The maximum atomic E-state index is 14.3. The van der Waals surface area contributed by atoms with Crippen molar-refractivity contribution in [3.05, 3.63) is 29.6 Å². The number of alkyl halides is 2. The van der Waals surface area contributed by atoms with Crippen molar-refractivity contribution in [1.29, 1.82) is 0 Å². The summed E-state index contributed by atoms with van der Waals surface area (Å²) in [6.45, 7) is 1.52. The van der Waals surface area contributed by atoms with Gasteiger partial charge in [-0.2, -0.15) is 4.98 Å². The van der Waals surface area contributed by atoms with Crippen molar-refractivity contribution in [3.8, 4) is 0 Å². The highest BCUT2D eigenvalue weighted by Crippen LogP contribution is 2.49. The maximum Gasteiger partial charge on any atom is 0.262 e. The summed E-state index contributed by atoms with van der Waals surface area (Å²) in [7, 11) is 0. The number of hydrogen-bond acceptors (Lipinski definition) is 5. The van der Waals surface area contributed by atoms with Gasteiger partial charge in [-0.3, -0.25) is 0 Å². The molecule has 2 saturated carbocycles. The van der Waals surface area contributed by atoms with Crippen molar-refractivity contribution in [1.82, 2.24) is 15.1 Å². The molecule has 5 nitrogen and oxygen atoms in total. The smallest absolute Gasteiger partial charge is 0.262 e. The van der Waals surface area contributed by atoms with Gasteiger partial charge >= 0.3 is 0 Å². The van der Waals surface area contributed by atoms with Gasteiger partial charge in [-0.15, -0.1) is 0 Å². The molecule has 2 fully saturated rings. The van der Waals surface area contributed by atoms with Crippen LogP contribution in [0.25, 0.3) is 0 Å². The Bertz CT molecular complexity index is 708. The topological polar surface area (TPSA) is 65.0 Å². The van der Waals surface area contributed by atoms with Gasteiger partial charge in [-0.1, -0.05) is 11.6 Å². The summed E-state index contributed by atoms with van der Waals surface area (Å²) in [5.74, 6) is -0.612. The quantitative estimate of drug-likeness (QED) is 0.851. The number of halogens is 2. The minimum Gasteiger partial charge on any atom is -0.445 e.